The average molecular weight is 481 g/mol. The van der Waals surface area contributed by atoms with Gasteiger partial charge in [0, 0.05) is 5.92 Å². The van der Waals surface area contributed by atoms with Gasteiger partial charge in [0.25, 0.3) is 0 Å². The van der Waals surface area contributed by atoms with Crippen molar-refractivity contribution in [1.29, 1.82) is 0 Å². The summed E-state index contributed by atoms with van der Waals surface area (Å²) in [5.74, 6) is -0.580. The van der Waals surface area contributed by atoms with E-state index in [-0.39, 0.29) is 16.7 Å². The minimum absolute atomic E-state index is 0.178. The molecule has 2 heteroatoms. The van der Waals surface area contributed by atoms with Crippen LogP contribution in [0, 0.1) is 0 Å². The fraction of sp³-hybridized carbons (Fsp3) is 0.382. The minimum Gasteiger partial charge on any atom is -0.478 e. The topological polar surface area (TPSA) is 37.3 Å². The van der Waals surface area contributed by atoms with E-state index < -0.39 is 5.97 Å². The molecule has 0 saturated heterocycles. The highest BCUT2D eigenvalue weighted by atomic mass is 16.4. The molecule has 2 nitrogen and oxygen atoms in total. The summed E-state index contributed by atoms with van der Waals surface area (Å²) in [6.45, 7) is 11.5. The SMILES string of the molecule is CCc1cc(C=CC(CCc2ccccc2)c2ccc3c(c2)C(C)(C)CCC3(C)C)ccc1C(=O)O. The van der Waals surface area contributed by atoms with Gasteiger partial charge in [0.15, 0.2) is 0 Å². The normalized spacial score (nSPS) is 17.0. The number of fused-ring (bicyclic) bond motifs is 1. The zero-order chi connectivity index (χ0) is 25.9. The van der Waals surface area contributed by atoms with E-state index in [4.69, 9.17) is 0 Å². The van der Waals surface area contributed by atoms with E-state index in [0.29, 0.717) is 12.0 Å². The van der Waals surface area contributed by atoms with Crippen LogP contribution in [0.1, 0.15) is 104 Å². The summed E-state index contributed by atoms with van der Waals surface area (Å²) >= 11 is 0. The molecule has 1 aliphatic rings. The van der Waals surface area contributed by atoms with Crippen LogP contribution >= 0.6 is 0 Å². The number of aryl methyl sites for hydroxylation is 2. The number of rotatable bonds is 8. The molecule has 0 saturated carbocycles. The van der Waals surface area contributed by atoms with Gasteiger partial charge >= 0.3 is 5.97 Å². The summed E-state index contributed by atoms with van der Waals surface area (Å²) in [6.07, 6.45) is 9.66. The molecule has 4 rings (SSSR count). The standard InChI is InChI=1S/C34H40O2/c1-6-26-22-25(14-18-29(26)32(35)36)13-16-27(15-12-24-10-8-7-9-11-24)28-17-19-30-31(23-28)34(4,5)21-20-33(30,2)3/h7-11,13-14,16-19,22-23,27H,6,12,15,20-21H2,1-5H3,(H,35,36). The van der Waals surface area contributed by atoms with Crippen LogP contribution in [0.4, 0.5) is 0 Å². The Kier molecular flexibility index (Phi) is 7.54. The van der Waals surface area contributed by atoms with E-state index in [1.54, 1.807) is 6.07 Å². The van der Waals surface area contributed by atoms with E-state index >= 15 is 0 Å². The van der Waals surface area contributed by atoms with Crippen LogP contribution in [0.5, 0.6) is 0 Å². The van der Waals surface area contributed by atoms with Gasteiger partial charge in [-0.1, -0.05) is 107 Å². The number of carbonyl (C=O) groups is 1. The minimum atomic E-state index is -0.859. The van der Waals surface area contributed by atoms with E-state index in [1.165, 1.54) is 35.1 Å². The maximum Gasteiger partial charge on any atom is 0.335 e. The van der Waals surface area contributed by atoms with Gasteiger partial charge in [0.1, 0.15) is 0 Å². The van der Waals surface area contributed by atoms with Gasteiger partial charge in [0.05, 0.1) is 5.56 Å². The van der Waals surface area contributed by atoms with Crippen LogP contribution in [-0.4, -0.2) is 11.1 Å². The van der Waals surface area contributed by atoms with Crippen LogP contribution in [0.15, 0.2) is 72.8 Å². The second-order valence-corrected chi connectivity index (χ2v) is 11.6. The molecule has 1 N–H and O–H groups in total. The molecule has 3 aromatic rings. The van der Waals surface area contributed by atoms with Crippen molar-refractivity contribution in [2.45, 2.75) is 83.5 Å². The van der Waals surface area contributed by atoms with Crippen LogP contribution < -0.4 is 0 Å². The molecule has 36 heavy (non-hydrogen) atoms. The first-order chi connectivity index (χ1) is 17.1. The molecule has 0 aromatic heterocycles. The molecule has 0 bridgehead atoms. The van der Waals surface area contributed by atoms with Gasteiger partial charge in [-0.2, -0.15) is 0 Å². The summed E-state index contributed by atoms with van der Waals surface area (Å²) in [7, 11) is 0. The fourth-order valence-corrected chi connectivity index (χ4v) is 5.62. The van der Waals surface area contributed by atoms with Crippen molar-refractivity contribution in [3.05, 3.63) is 112 Å². The van der Waals surface area contributed by atoms with Gasteiger partial charge in [0.2, 0.25) is 0 Å². The maximum atomic E-state index is 11.6. The monoisotopic (exact) mass is 480 g/mol. The van der Waals surface area contributed by atoms with Crippen molar-refractivity contribution in [3.63, 3.8) is 0 Å². The molecule has 0 heterocycles. The first kappa shape index (κ1) is 25.9. The zero-order valence-corrected chi connectivity index (χ0v) is 22.5. The molecule has 1 unspecified atom stereocenters. The fourth-order valence-electron chi connectivity index (χ4n) is 5.62. The third-order valence-electron chi connectivity index (χ3n) is 8.15. The summed E-state index contributed by atoms with van der Waals surface area (Å²) in [5.41, 5.74) is 8.43. The molecular weight excluding hydrogens is 440 g/mol. The van der Waals surface area contributed by atoms with Crippen molar-refractivity contribution in [2.75, 3.05) is 0 Å². The number of carboxylic acid groups (broad SMARTS) is 1. The lowest BCUT2D eigenvalue weighted by molar-refractivity contribution is 0.0695. The molecule has 1 atom stereocenters. The molecule has 3 aromatic carbocycles. The number of hydrogen-bond donors (Lipinski definition) is 1. The van der Waals surface area contributed by atoms with Crippen LogP contribution in [0.3, 0.4) is 0 Å². The number of benzene rings is 3. The van der Waals surface area contributed by atoms with E-state index in [2.05, 4.69) is 88.4 Å². The Bertz CT molecular complexity index is 1250. The van der Waals surface area contributed by atoms with Gasteiger partial charge in [-0.25, -0.2) is 4.79 Å². The van der Waals surface area contributed by atoms with Gasteiger partial charge in [-0.3, -0.25) is 0 Å². The number of aromatic carboxylic acids is 1. The van der Waals surface area contributed by atoms with Crippen molar-refractivity contribution < 1.29 is 9.90 Å². The summed E-state index contributed by atoms with van der Waals surface area (Å²) in [6, 6.07) is 23.6. The Labute approximate surface area is 217 Å². The van der Waals surface area contributed by atoms with E-state index in [1.807, 2.05) is 19.1 Å². The first-order valence-electron chi connectivity index (χ1n) is 13.3. The van der Waals surface area contributed by atoms with Crippen molar-refractivity contribution >= 4 is 12.0 Å². The van der Waals surface area contributed by atoms with E-state index in [9.17, 15) is 9.90 Å². The smallest absolute Gasteiger partial charge is 0.335 e. The highest BCUT2D eigenvalue weighted by Gasteiger charge is 2.37. The Morgan fingerprint density at radius 1 is 0.917 bits per heavy atom. The van der Waals surface area contributed by atoms with Crippen LogP contribution in [0.2, 0.25) is 0 Å². The molecule has 0 fully saturated rings. The molecule has 0 radical (unpaired) electrons. The summed E-state index contributed by atoms with van der Waals surface area (Å²) in [4.78, 5) is 11.6. The Morgan fingerprint density at radius 3 is 2.28 bits per heavy atom. The van der Waals surface area contributed by atoms with Crippen molar-refractivity contribution in [2.24, 2.45) is 0 Å². The maximum absolute atomic E-state index is 11.6. The second kappa shape index (κ2) is 10.5. The van der Waals surface area contributed by atoms with Crippen LogP contribution in [-0.2, 0) is 23.7 Å². The summed E-state index contributed by atoms with van der Waals surface area (Å²) in [5, 5.41) is 9.49. The van der Waals surface area contributed by atoms with Crippen molar-refractivity contribution in [3.8, 4) is 0 Å². The molecule has 0 amide bonds. The average Bonchev–Trinajstić information content (AvgIpc) is 2.87. The van der Waals surface area contributed by atoms with Gasteiger partial charge < -0.3 is 5.11 Å². The predicted octanol–water partition coefficient (Wildman–Crippen LogP) is 8.73. The Hall–Kier alpha value is -3.13. The van der Waals surface area contributed by atoms with Gasteiger partial charge in [-0.15, -0.1) is 0 Å². The quantitative estimate of drug-likeness (QED) is 0.350. The lowest BCUT2D eigenvalue weighted by atomic mass is 9.62. The number of allylic oxidation sites excluding steroid dienone is 1. The lowest BCUT2D eigenvalue weighted by Gasteiger charge is -2.42. The van der Waals surface area contributed by atoms with Gasteiger partial charge in [-0.05, 0) is 82.4 Å². The molecule has 0 aliphatic heterocycles. The molecular formula is C34H40O2. The Balaban J connectivity index is 1.70. The number of hydrogen-bond acceptors (Lipinski definition) is 1. The largest absolute Gasteiger partial charge is 0.478 e. The molecule has 188 valence electrons. The van der Waals surface area contributed by atoms with E-state index in [0.717, 1.165) is 24.0 Å². The third kappa shape index (κ3) is 5.64. The highest BCUT2D eigenvalue weighted by Crippen LogP contribution is 2.46. The second-order valence-electron chi connectivity index (χ2n) is 11.6. The van der Waals surface area contributed by atoms with Crippen molar-refractivity contribution in [1.82, 2.24) is 0 Å². The summed E-state index contributed by atoms with van der Waals surface area (Å²) < 4.78 is 0. The first-order valence-corrected chi connectivity index (χ1v) is 13.3. The highest BCUT2D eigenvalue weighted by molar-refractivity contribution is 5.89. The zero-order valence-electron chi connectivity index (χ0n) is 22.5. The number of carboxylic acids is 1. The lowest BCUT2D eigenvalue weighted by Crippen LogP contribution is -2.34. The Morgan fingerprint density at radius 2 is 1.61 bits per heavy atom. The molecule has 1 aliphatic carbocycles. The predicted molar refractivity (Wildman–Crippen MR) is 151 cm³/mol. The van der Waals surface area contributed by atoms with Crippen LogP contribution in [0.25, 0.3) is 6.08 Å². The third-order valence-corrected chi connectivity index (χ3v) is 8.15. The molecule has 0 spiro atoms.